The molecular weight excluding hydrogens is 657 g/mol. The predicted octanol–water partition coefficient (Wildman–Crippen LogP) is 10.6. The molecule has 0 atom stereocenters. The number of para-hydroxylation sites is 1. The van der Waals surface area contributed by atoms with Gasteiger partial charge in [-0.2, -0.15) is 10.2 Å². The molecule has 0 aliphatic heterocycles. The second-order valence-electron chi connectivity index (χ2n) is 10.9. The maximum absolute atomic E-state index is 10.8. The SMILES string of the molecule is CCN(CC)c1ccc2nc3ccc(/N=N/c4ccc(N(C)CCCC(=O)O)cc4)cc3[n+](-c3ccccc3)c2c1.F[P-](F)(F)(F)(F)F. The molecule has 0 fully saturated rings. The van der Waals surface area contributed by atoms with Gasteiger partial charge in [0.2, 0.25) is 16.7 Å². The van der Waals surface area contributed by atoms with Gasteiger partial charge in [-0.25, -0.2) is 4.98 Å². The van der Waals surface area contributed by atoms with Crippen LogP contribution in [0, 0.1) is 0 Å². The van der Waals surface area contributed by atoms with Gasteiger partial charge in [0, 0.05) is 68.7 Å². The molecule has 256 valence electrons. The summed E-state index contributed by atoms with van der Waals surface area (Å²) in [6, 6.07) is 30.6. The second kappa shape index (κ2) is 13.7. The number of fused-ring (bicyclic) bond motifs is 2. The Balaban J connectivity index is 0.000000671. The molecule has 5 aromatic rings. The van der Waals surface area contributed by atoms with Crippen LogP contribution in [0.3, 0.4) is 0 Å². The first-order valence-corrected chi connectivity index (χ1v) is 17.1. The third-order valence-electron chi connectivity index (χ3n) is 7.24. The van der Waals surface area contributed by atoms with Gasteiger partial charge < -0.3 is 14.9 Å². The summed E-state index contributed by atoms with van der Waals surface area (Å²) in [6.07, 6.45) is 0.758. The number of aliphatic carboxylic acids is 1. The fraction of sp³-hybridized carbons (Fsp3) is 0.242. The predicted molar refractivity (Wildman–Crippen MR) is 179 cm³/mol. The summed E-state index contributed by atoms with van der Waals surface area (Å²) in [5.74, 6) is -0.773. The van der Waals surface area contributed by atoms with Gasteiger partial charge in [-0.05, 0) is 68.8 Å². The van der Waals surface area contributed by atoms with Crippen LogP contribution < -0.4 is 14.4 Å². The Morgan fingerprint density at radius 3 is 1.88 bits per heavy atom. The maximum atomic E-state index is 10.8. The van der Waals surface area contributed by atoms with Crippen LogP contribution in [-0.2, 0) is 4.79 Å². The van der Waals surface area contributed by atoms with E-state index in [0.717, 1.165) is 57.9 Å². The van der Waals surface area contributed by atoms with E-state index in [9.17, 15) is 30.0 Å². The normalized spacial score (nSPS) is 13.1. The zero-order valence-electron chi connectivity index (χ0n) is 26.4. The van der Waals surface area contributed by atoms with Crippen LogP contribution in [0.15, 0.2) is 101 Å². The first kappa shape index (κ1) is 36.0. The molecule has 8 nitrogen and oxygen atoms in total. The number of carbonyl (C=O) groups is 1. The number of rotatable bonds is 11. The Kier molecular flexibility index (Phi) is 10.3. The van der Waals surface area contributed by atoms with Crippen molar-refractivity contribution in [1.29, 1.82) is 0 Å². The van der Waals surface area contributed by atoms with E-state index in [2.05, 4.69) is 63.9 Å². The molecule has 0 bridgehead atoms. The first-order chi connectivity index (χ1) is 22.4. The van der Waals surface area contributed by atoms with E-state index in [1.165, 1.54) is 5.69 Å². The summed E-state index contributed by atoms with van der Waals surface area (Å²) in [4.78, 5) is 20.1. The van der Waals surface area contributed by atoms with Crippen LogP contribution in [0.5, 0.6) is 0 Å². The third kappa shape index (κ3) is 10.9. The second-order valence-corrected chi connectivity index (χ2v) is 12.8. The summed E-state index contributed by atoms with van der Waals surface area (Å²) < 4.78 is 61.4. The van der Waals surface area contributed by atoms with Gasteiger partial charge in [0.1, 0.15) is 11.0 Å². The Hall–Kier alpha value is -4.84. The average Bonchev–Trinajstić information content (AvgIpc) is 3.02. The quantitative estimate of drug-likeness (QED) is 0.0490. The van der Waals surface area contributed by atoms with Crippen LogP contribution in [-0.4, -0.2) is 42.7 Å². The van der Waals surface area contributed by atoms with Crippen molar-refractivity contribution < 1.29 is 39.6 Å². The van der Waals surface area contributed by atoms with Gasteiger partial charge in [-0.15, -0.1) is 4.57 Å². The van der Waals surface area contributed by atoms with Crippen molar-refractivity contribution >= 4 is 58.6 Å². The van der Waals surface area contributed by atoms with Crippen LogP contribution in [0.2, 0.25) is 0 Å². The Labute approximate surface area is 273 Å². The molecule has 1 N–H and O–H groups in total. The van der Waals surface area contributed by atoms with Crippen molar-refractivity contribution in [2.24, 2.45) is 10.2 Å². The van der Waals surface area contributed by atoms with E-state index in [0.29, 0.717) is 13.0 Å². The molecule has 48 heavy (non-hydrogen) atoms. The van der Waals surface area contributed by atoms with Crippen LogP contribution >= 0.6 is 7.81 Å². The van der Waals surface area contributed by atoms with Gasteiger partial charge in [-0.3, -0.25) is 4.79 Å². The molecular formula is C33H35F6N6O2P. The van der Waals surface area contributed by atoms with Crippen molar-refractivity contribution in [3.05, 3.63) is 91.0 Å². The zero-order valence-corrected chi connectivity index (χ0v) is 27.3. The number of hydrogen-bond acceptors (Lipinski definition) is 6. The van der Waals surface area contributed by atoms with E-state index in [-0.39, 0.29) is 6.42 Å². The van der Waals surface area contributed by atoms with Crippen molar-refractivity contribution in [3.8, 4) is 5.69 Å². The molecule has 5 rings (SSSR count). The Morgan fingerprint density at radius 1 is 0.771 bits per heavy atom. The molecule has 0 spiro atoms. The van der Waals surface area contributed by atoms with E-state index in [4.69, 9.17) is 10.1 Å². The van der Waals surface area contributed by atoms with Crippen molar-refractivity contribution in [2.45, 2.75) is 26.7 Å². The summed E-state index contributed by atoms with van der Waals surface area (Å²) in [6.45, 7) is 6.87. The molecule has 1 heterocycles. The molecule has 0 amide bonds. The number of aromatic nitrogens is 2. The summed E-state index contributed by atoms with van der Waals surface area (Å²) in [5.41, 5.74) is 8.50. The third-order valence-corrected chi connectivity index (χ3v) is 7.24. The number of azo groups is 1. The van der Waals surface area contributed by atoms with Gasteiger partial charge in [0.25, 0.3) is 0 Å². The van der Waals surface area contributed by atoms with E-state index in [1.807, 2.05) is 72.6 Å². The number of hydrogen-bond donors (Lipinski definition) is 1. The number of benzene rings is 4. The fourth-order valence-corrected chi connectivity index (χ4v) is 5.02. The molecule has 0 saturated carbocycles. The molecule has 0 unspecified atom stereocenters. The van der Waals surface area contributed by atoms with Gasteiger partial charge in [0.05, 0.1) is 11.4 Å². The Morgan fingerprint density at radius 2 is 1.29 bits per heavy atom. The molecule has 4 aromatic carbocycles. The molecule has 1 aromatic heterocycles. The average molecular weight is 693 g/mol. The number of nitrogens with zero attached hydrogens (tertiary/aromatic N) is 6. The van der Waals surface area contributed by atoms with E-state index >= 15 is 0 Å². The Bertz CT molecular complexity index is 1910. The van der Waals surface area contributed by atoms with Gasteiger partial charge in [0.15, 0.2) is 0 Å². The molecule has 15 heteroatoms. The van der Waals surface area contributed by atoms with Crippen LogP contribution in [0.25, 0.3) is 27.8 Å². The summed E-state index contributed by atoms with van der Waals surface area (Å²) in [5, 5.41) is 17.9. The van der Waals surface area contributed by atoms with E-state index < -0.39 is 13.8 Å². The van der Waals surface area contributed by atoms with Gasteiger partial charge in [-0.1, -0.05) is 18.2 Å². The van der Waals surface area contributed by atoms with Crippen LogP contribution in [0.1, 0.15) is 26.7 Å². The minimum atomic E-state index is -10.7. The molecule has 0 radical (unpaired) electrons. The molecule has 0 aliphatic carbocycles. The van der Waals surface area contributed by atoms with Crippen LogP contribution in [0.4, 0.5) is 47.9 Å². The van der Waals surface area contributed by atoms with Crippen molar-refractivity contribution in [2.75, 3.05) is 36.5 Å². The van der Waals surface area contributed by atoms with Crippen molar-refractivity contribution in [1.82, 2.24) is 4.98 Å². The number of carboxylic acid groups (broad SMARTS) is 1. The number of halogens is 6. The topological polar surface area (TPSA) is 85.3 Å². The molecule has 0 aliphatic rings. The first-order valence-electron chi connectivity index (χ1n) is 15.0. The van der Waals surface area contributed by atoms with Crippen molar-refractivity contribution in [3.63, 3.8) is 0 Å². The van der Waals surface area contributed by atoms with E-state index in [1.54, 1.807) is 0 Å². The molecule has 0 saturated heterocycles. The number of anilines is 2. The fourth-order valence-electron chi connectivity index (χ4n) is 5.02. The summed E-state index contributed by atoms with van der Waals surface area (Å²) >= 11 is 0. The minimum absolute atomic E-state index is 0.162. The number of carboxylic acids is 1. The van der Waals surface area contributed by atoms with Gasteiger partial charge >= 0.3 is 39.0 Å². The zero-order chi connectivity index (χ0) is 35.2. The monoisotopic (exact) mass is 692 g/mol. The standard InChI is InChI=1S/C33H34N6O2.F6P/c1-4-38(5-2)28-18-20-30-32(23-28)39(27-10-7-6-8-11-27)31-22-25(15-19-29(31)34-30)36-35-24-13-16-26(17-14-24)37(3)21-9-12-33(40)41;1-7(2,3,4,5)6/h6-8,10-11,13-20,22-23H,4-5,9,12,21H2,1-3H3;/q;-1/p+1. The summed E-state index contributed by atoms with van der Waals surface area (Å²) in [7, 11) is -8.70.